The Morgan fingerprint density at radius 3 is 2.91 bits per heavy atom. The molecule has 0 N–H and O–H groups in total. The van der Waals surface area contributed by atoms with Crippen molar-refractivity contribution >= 4 is 5.91 Å². The molecule has 0 spiro atoms. The van der Waals surface area contributed by atoms with Crippen molar-refractivity contribution in [3.8, 4) is 5.82 Å². The normalized spacial score (nSPS) is 18.4. The minimum Gasteiger partial charge on any atom is -0.342 e. The highest BCUT2D eigenvalue weighted by Crippen LogP contribution is 2.26. The van der Waals surface area contributed by atoms with Gasteiger partial charge in [-0.1, -0.05) is 13.8 Å². The molecule has 1 aliphatic heterocycles. The van der Waals surface area contributed by atoms with Gasteiger partial charge in [-0.3, -0.25) is 14.3 Å². The van der Waals surface area contributed by atoms with Crippen LogP contribution < -0.4 is 0 Å². The van der Waals surface area contributed by atoms with Crippen LogP contribution in [0.15, 0.2) is 24.8 Å². The number of imidazole rings is 1. The van der Waals surface area contributed by atoms with Crippen molar-refractivity contribution in [3.05, 3.63) is 36.3 Å². The number of aromatic nitrogens is 4. The van der Waals surface area contributed by atoms with E-state index < -0.39 is 0 Å². The van der Waals surface area contributed by atoms with Crippen molar-refractivity contribution < 1.29 is 4.79 Å². The first kappa shape index (κ1) is 15.6. The van der Waals surface area contributed by atoms with Crippen LogP contribution in [-0.4, -0.2) is 43.4 Å². The fourth-order valence-corrected chi connectivity index (χ4v) is 3.12. The van der Waals surface area contributed by atoms with Gasteiger partial charge in [0.05, 0.1) is 11.9 Å². The van der Waals surface area contributed by atoms with Gasteiger partial charge >= 0.3 is 0 Å². The zero-order valence-corrected chi connectivity index (χ0v) is 13.9. The third-order valence-electron chi connectivity index (χ3n) is 4.36. The monoisotopic (exact) mass is 313 g/mol. The van der Waals surface area contributed by atoms with E-state index in [1.165, 1.54) is 0 Å². The average molecular weight is 313 g/mol. The Labute approximate surface area is 136 Å². The summed E-state index contributed by atoms with van der Waals surface area (Å²) in [5.74, 6) is 2.48. The summed E-state index contributed by atoms with van der Waals surface area (Å²) in [5.41, 5.74) is 0.955. The minimum absolute atomic E-state index is 0.135. The van der Waals surface area contributed by atoms with E-state index >= 15 is 0 Å². The Bertz CT molecular complexity index is 694. The molecule has 0 aliphatic carbocycles. The molecule has 0 saturated carbocycles. The van der Waals surface area contributed by atoms with Crippen LogP contribution in [0.3, 0.4) is 0 Å². The van der Waals surface area contributed by atoms with Crippen molar-refractivity contribution in [3.63, 3.8) is 0 Å². The number of likely N-dealkylation sites (tertiary alicyclic amines) is 1. The van der Waals surface area contributed by atoms with Crippen LogP contribution in [0.1, 0.15) is 57.0 Å². The fraction of sp³-hybridized carbons (Fsp3) is 0.529. The number of nitrogens with zero attached hydrogens (tertiary/aromatic N) is 5. The number of carbonyl (C=O) groups is 1. The first-order valence-corrected chi connectivity index (χ1v) is 8.17. The Morgan fingerprint density at radius 2 is 2.17 bits per heavy atom. The summed E-state index contributed by atoms with van der Waals surface area (Å²) in [6.07, 6.45) is 9.36. The van der Waals surface area contributed by atoms with E-state index in [-0.39, 0.29) is 11.8 Å². The first-order valence-electron chi connectivity index (χ1n) is 8.17. The molecule has 6 heteroatoms. The molecular weight excluding hydrogens is 290 g/mol. The molecule has 3 heterocycles. The van der Waals surface area contributed by atoms with E-state index in [2.05, 4.69) is 23.8 Å². The molecule has 2 aromatic rings. The number of hydrogen-bond donors (Lipinski definition) is 0. The lowest BCUT2D eigenvalue weighted by molar-refractivity contribution is -0.130. The molecule has 0 unspecified atom stereocenters. The van der Waals surface area contributed by atoms with Crippen molar-refractivity contribution in [2.75, 3.05) is 13.1 Å². The smallest absolute Gasteiger partial charge is 0.219 e. The van der Waals surface area contributed by atoms with Gasteiger partial charge in [0.15, 0.2) is 5.82 Å². The van der Waals surface area contributed by atoms with Crippen molar-refractivity contribution in [2.24, 2.45) is 0 Å². The summed E-state index contributed by atoms with van der Waals surface area (Å²) in [4.78, 5) is 27.1. The van der Waals surface area contributed by atoms with Crippen molar-refractivity contribution in [2.45, 2.75) is 45.4 Å². The van der Waals surface area contributed by atoms with Crippen LogP contribution in [0.4, 0.5) is 0 Å². The summed E-state index contributed by atoms with van der Waals surface area (Å²) in [7, 11) is 0. The van der Waals surface area contributed by atoms with Gasteiger partial charge in [-0.25, -0.2) is 9.97 Å². The van der Waals surface area contributed by atoms with Gasteiger partial charge in [-0.2, -0.15) is 0 Å². The average Bonchev–Trinajstić information content (AvgIpc) is 3.05. The summed E-state index contributed by atoms with van der Waals surface area (Å²) >= 11 is 0. The predicted octanol–water partition coefficient (Wildman–Crippen LogP) is 2.51. The van der Waals surface area contributed by atoms with Crippen LogP contribution in [-0.2, 0) is 4.79 Å². The van der Waals surface area contributed by atoms with E-state index in [0.29, 0.717) is 5.92 Å². The zero-order valence-electron chi connectivity index (χ0n) is 13.9. The molecule has 0 aromatic carbocycles. The fourth-order valence-electron chi connectivity index (χ4n) is 3.12. The van der Waals surface area contributed by atoms with Gasteiger partial charge in [-0.15, -0.1) is 0 Å². The van der Waals surface area contributed by atoms with Gasteiger partial charge in [0.25, 0.3) is 0 Å². The Balaban J connectivity index is 1.88. The minimum atomic E-state index is 0.135. The summed E-state index contributed by atoms with van der Waals surface area (Å²) in [6, 6.07) is 0. The maximum atomic E-state index is 11.6. The molecule has 6 nitrogen and oxygen atoms in total. The Hall–Kier alpha value is -2.24. The van der Waals surface area contributed by atoms with Gasteiger partial charge in [0.1, 0.15) is 5.82 Å². The number of hydrogen-bond acceptors (Lipinski definition) is 4. The second-order valence-electron chi connectivity index (χ2n) is 6.42. The van der Waals surface area contributed by atoms with Gasteiger partial charge < -0.3 is 4.90 Å². The molecular formula is C17H23N5O. The van der Waals surface area contributed by atoms with E-state index in [4.69, 9.17) is 4.98 Å². The maximum absolute atomic E-state index is 11.6. The van der Waals surface area contributed by atoms with Crippen LogP contribution in [0.5, 0.6) is 0 Å². The number of amides is 1. The number of piperidine rings is 1. The zero-order chi connectivity index (χ0) is 16.4. The molecule has 1 saturated heterocycles. The summed E-state index contributed by atoms with van der Waals surface area (Å²) < 4.78 is 1.99. The molecule has 1 aliphatic rings. The van der Waals surface area contributed by atoms with Crippen LogP contribution in [0, 0.1) is 0 Å². The van der Waals surface area contributed by atoms with Crippen LogP contribution in [0.2, 0.25) is 0 Å². The van der Waals surface area contributed by atoms with E-state index in [1.807, 2.05) is 21.9 Å². The highest BCUT2D eigenvalue weighted by atomic mass is 16.2. The highest BCUT2D eigenvalue weighted by molar-refractivity contribution is 5.73. The van der Waals surface area contributed by atoms with Gasteiger partial charge in [0.2, 0.25) is 5.91 Å². The molecule has 122 valence electrons. The standard InChI is InChI=1S/C17H23N5O/c1-12(2)17-19-6-8-22(17)16-10-18-9-15(20-16)14-5-4-7-21(11-14)13(3)23/h6,8-10,12,14H,4-5,7,11H2,1-3H3/t14-/m1/s1. The highest BCUT2D eigenvalue weighted by Gasteiger charge is 2.24. The summed E-state index contributed by atoms with van der Waals surface area (Å²) in [6.45, 7) is 7.43. The predicted molar refractivity (Wildman–Crippen MR) is 87.5 cm³/mol. The molecule has 23 heavy (non-hydrogen) atoms. The molecule has 0 radical (unpaired) electrons. The largest absolute Gasteiger partial charge is 0.342 e. The number of carbonyl (C=O) groups excluding carboxylic acids is 1. The number of rotatable bonds is 3. The van der Waals surface area contributed by atoms with Crippen molar-refractivity contribution in [1.82, 2.24) is 24.4 Å². The molecule has 1 atom stereocenters. The van der Waals surface area contributed by atoms with Crippen molar-refractivity contribution in [1.29, 1.82) is 0 Å². The Morgan fingerprint density at radius 1 is 1.35 bits per heavy atom. The van der Waals surface area contributed by atoms with E-state index in [1.54, 1.807) is 19.3 Å². The topological polar surface area (TPSA) is 63.9 Å². The lowest BCUT2D eigenvalue weighted by Gasteiger charge is -2.31. The SMILES string of the molecule is CC(=O)N1CCC[C@@H](c2cncc(-n3ccnc3C(C)C)n2)C1. The molecule has 1 fully saturated rings. The lowest BCUT2D eigenvalue weighted by atomic mass is 9.95. The second-order valence-corrected chi connectivity index (χ2v) is 6.42. The third-order valence-corrected chi connectivity index (χ3v) is 4.36. The molecule has 2 aromatic heterocycles. The lowest BCUT2D eigenvalue weighted by Crippen LogP contribution is -2.37. The first-order chi connectivity index (χ1) is 11.1. The van der Waals surface area contributed by atoms with E-state index in [9.17, 15) is 4.79 Å². The molecule has 3 rings (SSSR count). The second kappa shape index (κ2) is 6.48. The Kier molecular flexibility index (Phi) is 4.41. The maximum Gasteiger partial charge on any atom is 0.219 e. The van der Waals surface area contributed by atoms with E-state index in [0.717, 1.165) is 43.3 Å². The molecule has 1 amide bonds. The molecule has 0 bridgehead atoms. The van der Waals surface area contributed by atoms with Crippen LogP contribution in [0.25, 0.3) is 5.82 Å². The van der Waals surface area contributed by atoms with Gasteiger partial charge in [-0.05, 0) is 12.8 Å². The summed E-state index contributed by atoms with van der Waals surface area (Å²) in [5, 5.41) is 0. The quantitative estimate of drug-likeness (QED) is 0.873. The van der Waals surface area contributed by atoms with Gasteiger partial charge in [0, 0.05) is 50.4 Å². The third kappa shape index (κ3) is 3.25. The van der Waals surface area contributed by atoms with Crippen LogP contribution >= 0.6 is 0 Å².